The van der Waals surface area contributed by atoms with Gasteiger partial charge in [-0.2, -0.15) is 9.34 Å². The first-order valence-electron chi connectivity index (χ1n) is 11.3. The number of nitrogens with zero attached hydrogens (tertiary/aromatic N) is 3. The van der Waals surface area contributed by atoms with Gasteiger partial charge in [0.15, 0.2) is 11.8 Å². The molecule has 0 aliphatic heterocycles. The molecule has 0 heterocycles. The second-order valence-electron chi connectivity index (χ2n) is 9.47. The molecule has 290 valence electrons. The first-order valence-corrected chi connectivity index (χ1v) is 26.6. The normalized spacial score (nSPS) is 17.9. The summed E-state index contributed by atoms with van der Waals surface area (Å²) in [7, 11) is -58.3. The minimum Gasteiger partial charge on any atom is -0.324 e. The van der Waals surface area contributed by atoms with Crippen molar-refractivity contribution in [2.75, 3.05) is 18.6 Å². The second-order valence-corrected chi connectivity index (χ2v) is 24.4. The lowest BCUT2D eigenvalue weighted by Crippen LogP contribution is -2.59. The average molecular weight is 893 g/mol. The van der Waals surface area contributed by atoms with E-state index >= 15 is 0 Å². The standard InChI is InChI=1S/C9H32N3O27P9/c13-40(14,15)3-1-6(43(22,23)24)11(47(34,35)36)8(45(28,29)30)10(5-42(19,20)21)9(46(31,32)33)12(48(37,38)39)7(44(25,26)27)2-4-41(16,17)18/h6-9H,1-5H2,(H2,13,14,15)(H2,16,17,18)(H2,19,20,21)(H2,22,23,24)(H2,25,26,27)(H2,28,29,30)(H2,31,32,33)(H2,34,35,36)(H2,37,38,39). The molecular weight excluding hydrogens is 861 g/mol. The van der Waals surface area contributed by atoms with Crippen LogP contribution in [-0.2, 0) is 41.1 Å². The van der Waals surface area contributed by atoms with Crippen molar-refractivity contribution in [3.05, 3.63) is 0 Å². The third kappa shape index (κ3) is 16.5. The fourth-order valence-corrected chi connectivity index (χ4v) is 15.6. The third-order valence-electron chi connectivity index (χ3n) is 5.36. The molecule has 0 aromatic carbocycles. The van der Waals surface area contributed by atoms with E-state index in [0.717, 1.165) is 0 Å². The average Bonchev–Trinajstić information content (AvgIpc) is 2.69. The zero-order valence-corrected chi connectivity index (χ0v) is 31.0. The van der Waals surface area contributed by atoms with Crippen LogP contribution in [0.3, 0.4) is 0 Å². The van der Waals surface area contributed by atoms with Crippen molar-refractivity contribution in [3.8, 4) is 0 Å². The maximum atomic E-state index is 12.8. The van der Waals surface area contributed by atoms with E-state index in [-0.39, 0.29) is 0 Å². The van der Waals surface area contributed by atoms with Gasteiger partial charge in [-0.15, -0.1) is 0 Å². The van der Waals surface area contributed by atoms with Crippen LogP contribution in [0.2, 0.25) is 0 Å². The Balaban J connectivity index is 8.61. The molecule has 0 fully saturated rings. The van der Waals surface area contributed by atoms with Gasteiger partial charge < -0.3 is 88.1 Å². The highest BCUT2D eigenvalue weighted by molar-refractivity contribution is 7.59. The minimum absolute atomic E-state index is 1.30. The predicted molar refractivity (Wildman–Crippen MR) is 153 cm³/mol. The van der Waals surface area contributed by atoms with E-state index in [1.807, 2.05) is 0 Å². The van der Waals surface area contributed by atoms with Crippen LogP contribution in [-0.4, -0.2) is 144 Å². The van der Waals surface area contributed by atoms with Gasteiger partial charge in [0.05, 0.1) is 12.3 Å². The van der Waals surface area contributed by atoms with Crippen molar-refractivity contribution < 1.29 is 129 Å². The lowest BCUT2D eigenvalue weighted by molar-refractivity contribution is 0.0339. The third-order valence-corrected chi connectivity index (χ3v) is 15.5. The lowest BCUT2D eigenvalue weighted by Gasteiger charge is -2.48. The molecule has 0 aromatic heterocycles. The summed E-state index contributed by atoms with van der Waals surface area (Å²) in [6, 6.07) is 0. The Labute approximate surface area is 267 Å². The number of hydrogen-bond donors (Lipinski definition) is 18. The summed E-state index contributed by atoms with van der Waals surface area (Å²) < 4.78 is 107. The SMILES string of the molecule is O=P(O)(O)CCC(N(C(N(CP(=O)(O)O)C(N(C(CCP(=O)(O)O)P(=O)(O)O)P(=O)(O)O)P(=O)(O)O)P(=O)(O)O)P(=O)(O)O)P(=O)(O)O. The van der Waals surface area contributed by atoms with E-state index in [1.54, 1.807) is 0 Å². The molecule has 0 radical (unpaired) electrons. The Bertz CT molecular complexity index is 1460. The molecule has 0 saturated heterocycles. The maximum absolute atomic E-state index is 12.8. The van der Waals surface area contributed by atoms with E-state index in [1.165, 1.54) is 0 Å². The molecule has 0 saturated carbocycles. The molecule has 0 bridgehead atoms. The first kappa shape index (κ1) is 49.2. The Morgan fingerprint density at radius 1 is 0.375 bits per heavy atom. The summed E-state index contributed by atoms with van der Waals surface area (Å²) in [6.07, 6.45) is -10.3. The van der Waals surface area contributed by atoms with Crippen molar-refractivity contribution in [1.82, 2.24) is 14.2 Å². The van der Waals surface area contributed by atoms with E-state index in [4.69, 9.17) is 19.6 Å². The van der Waals surface area contributed by atoms with Crippen molar-refractivity contribution in [2.45, 2.75) is 36.2 Å². The molecule has 0 aromatic rings. The van der Waals surface area contributed by atoms with E-state index in [2.05, 4.69) is 0 Å². The fraction of sp³-hybridized carbons (Fsp3) is 1.00. The highest BCUT2D eigenvalue weighted by Crippen LogP contribution is 2.67. The van der Waals surface area contributed by atoms with Gasteiger partial charge in [0.2, 0.25) is 0 Å². The van der Waals surface area contributed by atoms with Crippen LogP contribution in [0.1, 0.15) is 12.8 Å². The summed E-state index contributed by atoms with van der Waals surface area (Å²) in [5, 5.41) is 0. The molecular formula is C9H32N3O27P9. The second kappa shape index (κ2) is 16.3. The van der Waals surface area contributed by atoms with Crippen LogP contribution in [0.4, 0.5) is 0 Å². The minimum atomic E-state index is -7.05. The topological polar surface area (TPSA) is 527 Å². The van der Waals surface area contributed by atoms with Gasteiger partial charge in [-0.3, -0.25) is 32.0 Å². The van der Waals surface area contributed by atoms with Crippen LogP contribution in [0.5, 0.6) is 0 Å². The zero-order valence-electron chi connectivity index (χ0n) is 22.9. The molecule has 0 rings (SSSR count). The Hall–Kier alpha value is 1.23. The van der Waals surface area contributed by atoms with Crippen molar-refractivity contribution >= 4 is 68.7 Å². The number of hydrogen-bond acceptors (Lipinski definition) is 10. The molecule has 0 spiro atoms. The van der Waals surface area contributed by atoms with Gasteiger partial charge in [0.1, 0.15) is 17.9 Å². The van der Waals surface area contributed by atoms with Crippen LogP contribution in [0, 0.1) is 0 Å². The lowest BCUT2D eigenvalue weighted by atomic mass is 10.4. The summed E-state index contributed by atoms with van der Waals surface area (Å²) in [6.45, 7) is 0. The van der Waals surface area contributed by atoms with E-state index in [9.17, 15) is 110 Å². The Kier molecular flexibility index (Phi) is 16.7. The molecule has 4 unspecified atom stereocenters. The quantitative estimate of drug-likeness (QED) is 0.0413. The summed E-state index contributed by atoms with van der Waals surface area (Å²) in [4.78, 5) is 174. The summed E-state index contributed by atoms with van der Waals surface area (Å²) in [5.41, 5.74) is 0. The molecule has 30 nitrogen and oxygen atoms in total. The first-order chi connectivity index (χ1) is 20.5. The maximum Gasteiger partial charge on any atom is 0.405 e. The smallest absolute Gasteiger partial charge is 0.324 e. The molecule has 0 aliphatic rings. The molecule has 18 N–H and O–H groups in total. The molecule has 0 amide bonds. The van der Waals surface area contributed by atoms with E-state index in [0.29, 0.717) is 0 Å². The van der Waals surface area contributed by atoms with Crippen LogP contribution in [0.15, 0.2) is 0 Å². The monoisotopic (exact) mass is 893 g/mol. The molecule has 39 heteroatoms. The van der Waals surface area contributed by atoms with Crippen LogP contribution >= 0.6 is 68.7 Å². The highest BCUT2D eigenvalue weighted by Gasteiger charge is 2.62. The van der Waals surface area contributed by atoms with Gasteiger partial charge >= 0.3 is 68.7 Å². The van der Waals surface area contributed by atoms with Gasteiger partial charge in [-0.05, 0) is 12.8 Å². The van der Waals surface area contributed by atoms with Crippen LogP contribution in [0.25, 0.3) is 0 Å². The predicted octanol–water partition coefficient (Wildman–Crippen LogP) is -3.72. The van der Waals surface area contributed by atoms with E-state index < -0.39 is 138 Å². The fourth-order valence-electron chi connectivity index (χ4n) is 3.88. The van der Waals surface area contributed by atoms with Gasteiger partial charge in [0.25, 0.3) is 0 Å². The molecule has 48 heavy (non-hydrogen) atoms. The van der Waals surface area contributed by atoms with Gasteiger partial charge in [-0.1, -0.05) is 0 Å². The van der Waals surface area contributed by atoms with Crippen LogP contribution < -0.4 is 0 Å². The molecule has 0 aliphatic carbocycles. The molecule has 4 atom stereocenters. The van der Waals surface area contributed by atoms with Gasteiger partial charge in [0, 0.05) is 0 Å². The summed E-state index contributed by atoms with van der Waals surface area (Å²) in [5.74, 6) is -15.9. The largest absolute Gasteiger partial charge is 0.405 e. The number of rotatable bonds is 20. The Morgan fingerprint density at radius 2 is 0.625 bits per heavy atom. The van der Waals surface area contributed by atoms with Crippen molar-refractivity contribution in [2.24, 2.45) is 0 Å². The Morgan fingerprint density at radius 3 is 0.771 bits per heavy atom. The van der Waals surface area contributed by atoms with Gasteiger partial charge in [-0.25, -0.2) is 14.0 Å². The van der Waals surface area contributed by atoms with Crippen molar-refractivity contribution in [3.63, 3.8) is 0 Å². The zero-order chi connectivity index (χ0) is 39.1. The highest BCUT2D eigenvalue weighted by atomic mass is 31.2. The van der Waals surface area contributed by atoms with Crippen molar-refractivity contribution in [1.29, 1.82) is 0 Å². The summed E-state index contributed by atoms with van der Waals surface area (Å²) >= 11 is 0.